The van der Waals surface area contributed by atoms with Gasteiger partial charge in [-0.15, -0.1) is 23.7 Å². The molecule has 0 bridgehead atoms. The van der Waals surface area contributed by atoms with Crippen LogP contribution in [0.2, 0.25) is 0 Å². The van der Waals surface area contributed by atoms with E-state index in [4.69, 9.17) is 0 Å². The molecule has 0 aromatic carbocycles. The van der Waals surface area contributed by atoms with Crippen molar-refractivity contribution in [1.29, 1.82) is 0 Å². The van der Waals surface area contributed by atoms with Crippen LogP contribution in [0.3, 0.4) is 0 Å². The number of nitrogens with one attached hydrogen (secondary N) is 1. The molecule has 0 atom stereocenters. The Bertz CT molecular complexity index is 644. The molecule has 1 amide bonds. The molecule has 1 aromatic rings. The summed E-state index contributed by atoms with van der Waals surface area (Å²) in [5.74, 6) is -3.46. The minimum atomic E-state index is -4.75. The summed E-state index contributed by atoms with van der Waals surface area (Å²) < 4.78 is 48.7. The van der Waals surface area contributed by atoms with Gasteiger partial charge in [0.05, 0.1) is 4.90 Å². The van der Waals surface area contributed by atoms with Crippen LogP contribution in [0, 0.1) is 5.92 Å². The summed E-state index contributed by atoms with van der Waals surface area (Å²) in [7, 11) is -2.86. The van der Waals surface area contributed by atoms with Gasteiger partial charge in [0.25, 0.3) is 5.91 Å². The number of amides is 1. The molecule has 1 fully saturated rings. The molecule has 2 rings (SSSR count). The van der Waals surface area contributed by atoms with E-state index in [1.165, 1.54) is 5.38 Å². The summed E-state index contributed by atoms with van der Waals surface area (Å²) in [4.78, 5) is 13.4. The van der Waals surface area contributed by atoms with Gasteiger partial charge in [0.1, 0.15) is 4.88 Å². The Morgan fingerprint density at radius 2 is 2.04 bits per heavy atom. The summed E-state index contributed by atoms with van der Waals surface area (Å²) >= 11 is 0.897. The minimum absolute atomic E-state index is 0. The van der Waals surface area contributed by atoms with Gasteiger partial charge in [0.2, 0.25) is 9.84 Å². The Kier molecular flexibility index (Phi) is 8.04. The summed E-state index contributed by atoms with van der Waals surface area (Å²) in [6.45, 7) is 1.97. The van der Waals surface area contributed by atoms with Crippen LogP contribution in [-0.2, 0) is 9.84 Å². The number of sulfone groups is 1. The maximum absolute atomic E-state index is 12.7. The quantitative estimate of drug-likeness (QED) is 0.794. The molecule has 1 N–H and O–H groups in total. The first kappa shape index (κ1) is 21.3. The zero-order valence-electron chi connectivity index (χ0n) is 13.2. The highest BCUT2D eigenvalue weighted by Gasteiger charge is 2.34. The van der Waals surface area contributed by atoms with Crippen molar-refractivity contribution in [3.8, 4) is 0 Å². The van der Waals surface area contributed by atoms with Gasteiger partial charge >= 0.3 is 5.76 Å². The van der Waals surface area contributed by atoms with Crippen molar-refractivity contribution < 1.29 is 22.0 Å². The topological polar surface area (TPSA) is 66.5 Å². The summed E-state index contributed by atoms with van der Waals surface area (Å²) in [5, 5.41) is 4.45. The number of carbonyl (C=O) groups excluding carboxylic acids is 1. The second-order valence-electron chi connectivity index (χ2n) is 5.55. The lowest BCUT2D eigenvalue weighted by Gasteiger charge is -2.32. The first-order chi connectivity index (χ1) is 10.9. The van der Waals surface area contributed by atoms with Crippen LogP contribution in [0.15, 0.2) is 16.3 Å². The molecule has 24 heavy (non-hydrogen) atoms. The second kappa shape index (κ2) is 9.07. The van der Waals surface area contributed by atoms with Gasteiger partial charge < -0.3 is 10.2 Å². The Hall–Kier alpha value is -0.770. The molecule has 10 heteroatoms. The number of halogens is 3. The highest BCUT2D eigenvalue weighted by molar-refractivity contribution is 7.92. The third kappa shape index (κ3) is 4.65. The molecule has 1 saturated heterocycles. The van der Waals surface area contributed by atoms with E-state index in [1.807, 2.05) is 7.05 Å². The van der Waals surface area contributed by atoms with Crippen molar-refractivity contribution in [2.45, 2.75) is 29.9 Å². The monoisotopic (exact) mass is 402 g/mol. The lowest BCUT2D eigenvalue weighted by Crippen LogP contribution is -2.39. The van der Waals surface area contributed by atoms with E-state index in [9.17, 15) is 22.0 Å². The van der Waals surface area contributed by atoms with E-state index in [0.717, 1.165) is 43.2 Å². The van der Waals surface area contributed by atoms with E-state index >= 15 is 0 Å². The maximum Gasteiger partial charge on any atom is 0.341 e. The highest BCUT2D eigenvalue weighted by Crippen LogP contribution is 2.29. The predicted octanol–water partition coefficient (Wildman–Crippen LogP) is 2.63. The Morgan fingerprint density at radius 1 is 1.42 bits per heavy atom. The van der Waals surface area contributed by atoms with E-state index in [0.29, 0.717) is 19.0 Å². The predicted molar refractivity (Wildman–Crippen MR) is 91.9 cm³/mol. The van der Waals surface area contributed by atoms with Gasteiger partial charge in [-0.05, 0) is 50.2 Å². The van der Waals surface area contributed by atoms with Crippen molar-refractivity contribution in [3.63, 3.8) is 0 Å². The van der Waals surface area contributed by atoms with Crippen molar-refractivity contribution >= 4 is 39.5 Å². The number of alkyl halides is 2. The lowest BCUT2D eigenvalue weighted by atomic mass is 9.93. The number of thiophene rings is 1. The zero-order valence-corrected chi connectivity index (χ0v) is 15.7. The van der Waals surface area contributed by atoms with E-state index in [1.54, 1.807) is 4.90 Å². The molecule has 1 aliphatic heterocycles. The van der Waals surface area contributed by atoms with Crippen LogP contribution in [-0.4, -0.2) is 51.7 Å². The van der Waals surface area contributed by atoms with Crippen molar-refractivity contribution in [2.24, 2.45) is 5.92 Å². The number of piperidine rings is 1. The summed E-state index contributed by atoms with van der Waals surface area (Å²) in [5.41, 5.74) is 0. The molecule has 2 heterocycles. The molecular formula is C14H21ClF2N2O3S2. The molecule has 0 aliphatic carbocycles. The molecule has 1 aliphatic rings. The summed E-state index contributed by atoms with van der Waals surface area (Å²) in [6, 6.07) is 1.08. The average molecular weight is 403 g/mol. The van der Waals surface area contributed by atoms with Crippen LogP contribution in [0.4, 0.5) is 8.78 Å². The first-order valence-electron chi connectivity index (χ1n) is 7.41. The molecule has 0 unspecified atom stereocenters. The van der Waals surface area contributed by atoms with E-state index in [-0.39, 0.29) is 17.3 Å². The Balaban J connectivity index is 0.00000288. The van der Waals surface area contributed by atoms with E-state index in [2.05, 4.69) is 5.32 Å². The fourth-order valence-electron chi connectivity index (χ4n) is 2.69. The van der Waals surface area contributed by atoms with Gasteiger partial charge in [-0.25, -0.2) is 8.42 Å². The molecule has 0 radical (unpaired) electrons. The number of hydrogen-bond acceptors (Lipinski definition) is 5. The lowest BCUT2D eigenvalue weighted by molar-refractivity contribution is 0.0688. The van der Waals surface area contributed by atoms with Gasteiger partial charge in [-0.1, -0.05) is 0 Å². The third-order valence-corrected chi connectivity index (χ3v) is 6.52. The average Bonchev–Trinajstić information content (AvgIpc) is 3.03. The van der Waals surface area contributed by atoms with Crippen LogP contribution in [0.1, 0.15) is 28.9 Å². The van der Waals surface area contributed by atoms with Crippen LogP contribution in [0.5, 0.6) is 0 Å². The number of carbonyl (C=O) groups is 1. The Morgan fingerprint density at radius 3 is 2.58 bits per heavy atom. The molecule has 5 nitrogen and oxygen atoms in total. The Labute approximate surface area is 150 Å². The largest absolute Gasteiger partial charge is 0.341 e. The molecule has 0 spiro atoms. The van der Waals surface area contributed by atoms with Gasteiger partial charge in [0.15, 0.2) is 0 Å². The summed E-state index contributed by atoms with van der Waals surface area (Å²) in [6.07, 6.45) is 2.72. The number of hydrogen-bond donors (Lipinski definition) is 1. The smallest absolute Gasteiger partial charge is 0.338 e. The molecule has 138 valence electrons. The van der Waals surface area contributed by atoms with Crippen LogP contribution in [0.25, 0.3) is 0 Å². The number of rotatable bonds is 6. The molecule has 0 saturated carbocycles. The van der Waals surface area contributed by atoms with Crippen molar-refractivity contribution in [3.05, 3.63) is 16.3 Å². The molecule has 1 aromatic heterocycles. The zero-order chi connectivity index (χ0) is 17.0. The van der Waals surface area contributed by atoms with Crippen LogP contribution >= 0.6 is 23.7 Å². The fraction of sp³-hybridized carbons (Fsp3) is 0.643. The second-order valence-corrected chi connectivity index (χ2v) is 8.35. The van der Waals surface area contributed by atoms with Crippen molar-refractivity contribution in [1.82, 2.24) is 10.2 Å². The van der Waals surface area contributed by atoms with E-state index < -0.39 is 26.4 Å². The number of likely N-dealkylation sites (tertiary alicyclic amines) is 1. The standard InChI is InChI=1S/C14H20F2N2O3S2.ClH/c1-17-6-2-10-3-7-18(8-4-10)13(19)12-11(5-9-22-12)23(20,21)14(15)16;/h5,9-10,14,17H,2-4,6-8H2,1H3;1H. The van der Waals surface area contributed by atoms with Crippen molar-refractivity contribution in [2.75, 3.05) is 26.7 Å². The first-order valence-corrected chi connectivity index (χ1v) is 9.84. The minimum Gasteiger partial charge on any atom is -0.338 e. The highest BCUT2D eigenvalue weighted by atomic mass is 35.5. The molecular weight excluding hydrogens is 382 g/mol. The SMILES string of the molecule is CNCCC1CCN(C(=O)c2sccc2S(=O)(=O)C(F)F)CC1.Cl. The van der Waals surface area contributed by atoms with Gasteiger partial charge in [0, 0.05) is 13.1 Å². The number of nitrogens with zero attached hydrogens (tertiary/aromatic N) is 1. The normalized spacial score (nSPS) is 16.2. The van der Waals surface area contributed by atoms with Gasteiger partial charge in [-0.2, -0.15) is 8.78 Å². The third-order valence-electron chi connectivity index (χ3n) is 4.07. The van der Waals surface area contributed by atoms with Crippen LogP contribution < -0.4 is 5.32 Å². The fourth-order valence-corrected chi connectivity index (χ4v) is 4.82. The van der Waals surface area contributed by atoms with Gasteiger partial charge in [-0.3, -0.25) is 4.79 Å². The maximum atomic E-state index is 12.7.